The molecule has 0 unspecified atom stereocenters. The number of nitrogens with one attached hydrogen (secondary N) is 1. The molecular formula is C13H19ClN2O3S. The van der Waals surface area contributed by atoms with Gasteiger partial charge in [0.05, 0.1) is 5.02 Å². The lowest BCUT2D eigenvalue weighted by Gasteiger charge is -2.22. The molecular weight excluding hydrogens is 300 g/mol. The van der Waals surface area contributed by atoms with Crippen molar-refractivity contribution in [2.75, 3.05) is 19.8 Å². The molecule has 0 atom stereocenters. The second-order valence-corrected chi connectivity index (χ2v) is 7.02. The van der Waals surface area contributed by atoms with Gasteiger partial charge in [-0.15, -0.1) is 0 Å². The number of hydrogen-bond donors (Lipinski definition) is 2. The summed E-state index contributed by atoms with van der Waals surface area (Å²) in [5, 5.41) is 0.210. The molecule has 0 aromatic heterocycles. The Balaban J connectivity index is 2.09. The second kappa shape index (κ2) is 6.87. The third-order valence-electron chi connectivity index (χ3n) is 3.42. The lowest BCUT2D eigenvalue weighted by molar-refractivity contribution is 0.0678. The Hall–Kier alpha value is -0.660. The predicted octanol–water partition coefficient (Wildman–Crippen LogP) is 1.50. The third kappa shape index (κ3) is 3.93. The Morgan fingerprint density at radius 1 is 1.35 bits per heavy atom. The van der Waals surface area contributed by atoms with Crippen molar-refractivity contribution in [1.82, 2.24) is 4.72 Å². The molecule has 1 heterocycles. The van der Waals surface area contributed by atoms with Crippen molar-refractivity contribution >= 4 is 21.6 Å². The second-order valence-electron chi connectivity index (χ2n) is 4.88. The van der Waals surface area contributed by atoms with Gasteiger partial charge < -0.3 is 10.5 Å². The fourth-order valence-electron chi connectivity index (χ4n) is 2.14. The molecule has 1 aliphatic rings. The highest BCUT2D eigenvalue weighted by atomic mass is 35.5. The number of rotatable bonds is 5. The molecule has 1 aliphatic heterocycles. The molecule has 2 rings (SSSR count). The minimum atomic E-state index is -3.60. The lowest BCUT2D eigenvalue weighted by Crippen LogP contribution is -2.32. The van der Waals surface area contributed by atoms with E-state index in [1.54, 1.807) is 12.1 Å². The molecule has 20 heavy (non-hydrogen) atoms. The van der Waals surface area contributed by atoms with E-state index in [0.29, 0.717) is 25.7 Å². The first-order chi connectivity index (χ1) is 9.53. The zero-order valence-electron chi connectivity index (χ0n) is 11.1. The van der Waals surface area contributed by atoms with Crippen molar-refractivity contribution < 1.29 is 13.2 Å². The van der Waals surface area contributed by atoms with Gasteiger partial charge in [-0.2, -0.15) is 0 Å². The predicted molar refractivity (Wildman–Crippen MR) is 78.1 cm³/mol. The summed E-state index contributed by atoms with van der Waals surface area (Å²) in [6.07, 6.45) is 1.75. The number of halogens is 1. The van der Waals surface area contributed by atoms with E-state index in [0.717, 1.165) is 18.4 Å². The summed E-state index contributed by atoms with van der Waals surface area (Å²) in [6.45, 7) is 2.07. The highest BCUT2D eigenvalue weighted by Crippen LogP contribution is 2.23. The highest BCUT2D eigenvalue weighted by Gasteiger charge is 2.21. The van der Waals surface area contributed by atoms with Gasteiger partial charge in [0.1, 0.15) is 4.90 Å². The summed E-state index contributed by atoms with van der Waals surface area (Å²) in [5.74, 6) is 0.315. The largest absolute Gasteiger partial charge is 0.381 e. The van der Waals surface area contributed by atoms with Crippen LogP contribution in [-0.4, -0.2) is 28.2 Å². The maximum atomic E-state index is 12.3. The van der Waals surface area contributed by atoms with Crippen LogP contribution < -0.4 is 10.5 Å². The lowest BCUT2D eigenvalue weighted by atomic mass is 10.0. The fraction of sp³-hybridized carbons (Fsp3) is 0.538. The Morgan fingerprint density at radius 3 is 2.70 bits per heavy atom. The monoisotopic (exact) mass is 318 g/mol. The van der Waals surface area contributed by atoms with E-state index in [-0.39, 0.29) is 16.5 Å². The van der Waals surface area contributed by atoms with E-state index in [2.05, 4.69) is 4.72 Å². The molecule has 0 bridgehead atoms. The van der Waals surface area contributed by atoms with Crippen LogP contribution in [0.15, 0.2) is 23.1 Å². The normalized spacial score (nSPS) is 17.3. The average Bonchev–Trinajstić information content (AvgIpc) is 2.47. The molecule has 7 heteroatoms. The van der Waals surface area contributed by atoms with E-state index >= 15 is 0 Å². The molecule has 1 aromatic rings. The standard InChI is InChI=1S/C13H19ClN2O3S/c14-12-2-1-11(8-15)7-13(12)20(17,18)16-9-10-3-5-19-6-4-10/h1-2,7,10,16H,3-6,8-9,15H2. The summed E-state index contributed by atoms with van der Waals surface area (Å²) < 4.78 is 32.5. The first-order valence-corrected chi connectivity index (χ1v) is 8.45. The Kier molecular flexibility index (Phi) is 5.40. The van der Waals surface area contributed by atoms with Gasteiger partial charge in [-0.3, -0.25) is 0 Å². The molecule has 0 saturated carbocycles. The van der Waals surface area contributed by atoms with Gasteiger partial charge in [-0.25, -0.2) is 13.1 Å². The number of benzene rings is 1. The van der Waals surface area contributed by atoms with Gasteiger partial charge in [0.15, 0.2) is 0 Å². The van der Waals surface area contributed by atoms with Crippen molar-refractivity contribution in [3.63, 3.8) is 0 Å². The summed E-state index contributed by atoms with van der Waals surface area (Å²) in [7, 11) is -3.60. The van der Waals surface area contributed by atoms with E-state index in [4.69, 9.17) is 22.1 Å². The summed E-state index contributed by atoms with van der Waals surface area (Å²) in [5.41, 5.74) is 6.27. The minimum Gasteiger partial charge on any atom is -0.381 e. The van der Waals surface area contributed by atoms with E-state index in [1.165, 1.54) is 6.07 Å². The van der Waals surface area contributed by atoms with Crippen molar-refractivity contribution in [3.8, 4) is 0 Å². The van der Waals surface area contributed by atoms with Crippen molar-refractivity contribution in [2.24, 2.45) is 11.7 Å². The zero-order chi connectivity index (χ0) is 14.6. The van der Waals surface area contributed by atoms with Crippen molar-refractivity contribution in [3.05, 3.63) is 28.8 Å². The van der Waals surface area contributed by atoms with E-state index in [1.807, 2.05) is 0 Å². The molecule has 0 radical (unpaired) electrons. The van der Waals surface area contributed by atoms with Crippen molar-refractivity contribution in [2.45, 2.75) is 24.3 Å². The molecule has 0 amide bonds. The van der Waals surface area contributed by atoms with Crippen LogP contribution in [0, 0.1) is 5.92 Å². The number of nitrogens with two attached hydrogens (primary N) is 1. The molecule has 1 fully saturated rings. The average molecular weight is 319 g/mol. The smallest absolute Gasteiger partial charge is 0.242 e. The topological polar surface area (TPSA) is 81.4 Å². The highest BCUT2D eigenvalue weighted by molar-refractivity contribution is 7.89. The van der Waals surface area contributed by atoms with Gasteiger partial charge in [0, 0.05) is 26.3 Å². The van der Waals surface area contributed by atoms with E-state index in [9.17, 15) is 8.42 Å². The van der Waals surface area contributed by atoms with Crippen molar-refractivity contribution in [1.29, 1.82) is 0 Å². The van der Waals surface area contributed by atoms with Gasteiger partial charge in [-0.1, -0.05) is 17.7 Å². The number of hydrogen-bond acceptors (Lipinski definition) is 4. The zero-order valence-corrected chi connectivity index (χ0v) is 12.7. The number of ether oxygens (including phenoxy) is 1. The first kappa shape index (κ1) is 15.7. The van der Waals surface area contributed by atoms with Crippen LogP contribution in [0.4, 0.5) is 0 Å². The quantitative estimate of drug-likeness (QED) is 0.862. The molecule has 1 saturated heterocycles. The van der Waals surface area contributed by atoms with Gasteiger partial charge in [0.25, 0.3) is 0 Å². The van der Waals surface area contributed by atoms with Crippen LogP contribution in [0.5, 0.6) is 0 Å². The third-order valence-corrected chi connectivity index (χ3v) is 5.33. The molecule has 5 nitrogen and oxygen atoms in total. The summed E-state index contributed by atoms with van der Waals surface area (Å²) >= 11 is 5.98. The Morgan fingerprint density at radius 2 is 2.05 bits per heavy atom. The van der Waals surface area contributed by atoms with Crippen LogP contribution >= 0.6 is 11.6 Å². The SMILES string of the molecule is NCc1ccc(Cl)c(S(=O)(=O)NCC2CCOCC2)c1. The first-order valence-electron chi connectivity index (χ1n) is 6.59. The Labute approximate surface area is 124 Å². The van der Waals surface area contributed by atoms with Crippen LogP contribution in [-0.2, 0) is 21.3 Å². The van der Waals surface area contributed by atoms with Gasteiger partial charge in [0.2, 0.25) is 10.0 Å². The van der Waals surface area contributed by atoms with Crippen LogP contribution in [0.25, 0.3) is 0 Å². The number of sulfonamides is 1. The van der Waals surface area contributed by atoms with Gasteiger partial charge >= 0.3 is 0 Å². The van der Waals surface area contributed by atoms with Crippen LogP contribution in [0.2, 0.25) is 5.02 Å². The Bertz CT molecular complexity index is 557. The molecule has 112 valence electrons. The van der Waals surface area contributed by atoms with E-state index < -0.39 is 10.0 Å². The van der Waals surface area contributed by atoms with Crippen LogP contribution in [0.3, 0.4) is 0 Å². The molecule has 1 aromatic carbocycles. The molecule has 0 spiro atoms. The maximum absolute atomic E-state index is 12.3. The molecule has 0 aliphatic carbocycles. The van der Waals surface area contributed by atoms with Crippen LogP contribution in [0.1, 0.15) is 18.4 Å². The molecule has 3 N–H and O–H groups in total. The minimum absolute atomic E-state index is 0.0918. The van der Waals surface area contributed by atoms with Gasteiger partial charge in [-0.05, 0) is 36.5 Å². The maximum Gasteiger partial charge on any atom is 0.242 e. The summed E-state index contributed by atoms with van der Waals surface area (Å²) in [6, 6.07) is 4.81. The fourth-order valence-corrected chi connectivity index (χ4v) is 3.80. The summed E-state index contributed by atoms with van der Waals surface area (Å²) in [4.78, 5) is 0.0918.